The summed E-state index contributed by atoms with van der Waals surface area (Å²) in [5.41, 5.74) is 1.09. The Balaban J connectivity index is 1.91. The molecule has 0 bridgehead atoms. The van der Waals surface area contributed by atoms with Crippen LogP contribution in [0, 0.1) is 5.92 Å². The standard InChI is InChI=1S/C14H19Cl2N/c1-10-4-2-6-12(8-10)17-9-11-5-3-7-13(15)14(11)16/h3,5,7,10,12,17H,2,4,6,8-9H2,1H3. The van der Waals surface area contributed by atoms with E-state index in [9.17, 15) is 0 Å². The Hall–Kier alpha value is -0.240. The van der Waals surface area contributed by atoms with E-state index in [1.807, 2.05) is 18.2 Å². The van der Waals surface area contributed by atoms with Gasteiger partial charge in [0.25, 0.3) is 0 Å². The van der Waals surface area contributed by atoms with Gasteiger partial charge in [-0.15, -0.1) is 0 Å². The Morgan fingerprint density at radius 2 is 2.12 bits per heavy atom. The van der Waals surface area contributed by atoms with E-state index >= 15 is 0 Å². The predicted molar refractivity (Wildman–Crippen MR) is 74.7 cm³/mol. The Bertz CT molecular complexity index is 378. The molecule has 3 heteroatoms. The number of rotatable bonds is 3. The van der Waals surface area contributed by atoms with Crippen molar-refractivity contribution in [1.82, 2.24) is 5.32 Å². The first-order valence-electron chi connectivity index (χ1n) is 6.33. The number of halogens is 2. The highest BCUT2D eigenvalue weighted by Crippen LogP contribution is 2.27. The van der Waals surface area contributed by atoms with E-state index in [0.29, 0.717) is 16.1 Å². The van der Waals surface area contributed by atoms with E-state index in [4.69, 9.17) is 23.2 Å². The van der Waals surface area contributed by atoms with Gasteiger partial charge in [0.2, 0.25) is 0 Å². The van der Waals surface area contributed by atoms with Crippen LogP contribution >= 0.6 is 23.2 Å². The maximum Gasteiger partial charge on any atom is 0.0637 e. The molecule has 0 aromatic heterocycles. The van der Waals surface area contributed by atoms with Crippen LogP contribution in [0.3, 0.4) is 0 Å². The molecule has 17 heavy (non-hydrogen) atoms. The lowest BCUT2D eigenvalue weighted by atomic mass is 9.87. The summed E-state index contributed by atoms with van der Waals surface area (Å²) in [5.74, 6) is 0.844. The fourth-order valence-corrected chi connectivity index (χ4v) is 2.95. The summed E-state index contributed by atoms with van der Waals surface area (Å²) in [6.07, 6.45) is 5.26. The minimum atomic E-state index is 0.633. The molecule has 2 atom stereocenters. The number of hydrogen-bond acceptors (Lipinski definition) is 1. The van der Waals surface area contributed by atoms with E-state index in [0.717, 1.165) is 18.0 Å². The summed E-state index contributed by atoms with van der Waals surface area (Å²) in [6, 6.07) is 6.45. The van der Waals surface area contributed by atoms with Crippen LogP contribution in [-0.2, 0) is 6.54 Å². The third-order valence-corrected chi connectivity index (χ3v) is 4.41. The lowest BCUT2D eigenvalue weighted by Gasteiger charge is -2.27. The Morgan fingerprint density at radius 3 is 2.88 bits per heavy atom. The summed E-state index contributed by atoms with van der Waals surface area (Å²) in [5, 5.41) is 4.92. The van der Waals surface area contributed by atoms with E-state index in [2.05, 4.69) is 12.2 Å². The zero-order valence-electron chi connectivity index (χ0n) is 10.2. The molecule has 0 aliphatic heterocycles. The molecule has 0 heterocycles. The van der Waals surface area contributed by atoms with Gasteiger partial charge in [-0.25, -0.2) is 0 Å². The van der Waals surface area contributed by atoms with Crippen molar-refractivity contribution in [2.24, 2.45) is 5.92 Å². The number of nitrogens with one attached hydrogen (secondary N) is 1. The van der Waals surface area contributed by atoms with Crippen LogP contribution in [0.2, 0.25) is 10.0 Å². The Labute approximate surface area is 114 Å². The molecule has 1 aromatic carbocycles. The molecule has 1 aliphatic carbocycles. The molecule has 0 radical (unpaired) electrons. The molecular weight excluding hydrogens is 253 g/mol. The smallest absolute Gasteiger partial charge is 0.0637 e. The van der Waals surface area contributed by atoms with Gasteiger partial charge in [0.1, 0.15) is 0 Å². The van der Waals surface area contributed by atoms with Gasteiger partial charge < -0.3 is 5.32 Å². The highest BCUT2D eigenvalue weighted by Gasteiger charge is 2.18. The largest absolute Gasteiger partial charge is 0.310 e. The summed E-state index contributed by atoms with van der Waals surface area (Å²) in [4.78, 5) is 0. The minimum absolute atomic E-state index is 0.633. The normalized spacial score (nSPS) is 24.9. The molecule has 0 saturated heterocycles. The maximum absolute atomic E-state index is 6.17. The molecule has 2 rings (SSSR count). The highest BCUT2D eigenvalue weighted by molar-refractivity contribution is 6.42. The predicted octanol–water partition coefficient (Wildman–Crippen LogP) is 4.66. The average molecular weight is 272 g/mol. The summed E-state index contributed by atoms with van der Waals surface area (Å²) < 4.78 is 0. The van der Waals surface area contributed by atoms with E-state index in [-0.39, 0.29) is 0 Å². The summed E-state index contributed by atoms with van der Waals surface area (Å²) >= 11 is 12.2. The molecule has 2 unspecified atom stereocenters. The molecule has 1 aromatic rings. The van der Waals surface area contributed by atoms with E-state index < -0.39 is 0 Å². The summed E-state index contributed by atoms with van der Waals surface area (Å²) in [6.45, 7) is 3.15. The number of hydrogen-bond donors (Lipinski definition) is 1. The van der Waals surface area contributed by atoms with E-state index in [1.165, 1.54) is 25.7 Å². The minimum Gasteiger partial charge on any atom is -0.310 e. The fraction of sp³-hybridized carbons (Fsp3) is 0.571. The molecule has 0 amide bonds. The van der Waals surface area contributed by atoms with Crippen molar-refractivity contribution in [3.63, 3.8) is 0 Å². The second-order valence-electron chi connectivity index (χ2n) is 5.06. The molecular formula is C14H19Cl2N. The third kappa shape index (κ3) is 3.61. The van der Waals surface area contributed by atoms with Crippen molar-refractivity contribution in [1.29, 1.82) is 0 Å². The Kier molecular flexibility index (Phi) is 4.72. The first kappa shape index (κ1) is 13.2. The van der Waals surface area contributed by atoms with E-state index in [1.54, 1.807) is 0 Å². The van der Waals surface area contributed by atoms with Crippen LogP contribution < -0.4 is 5.32 Å². The van der Waals surface area contributed by atoms with Crippen molar-refractivity contribution in [2.75, 3.05) is 0 Å². The molecule has 0 spiro atoms. The van der Waals surface area contributed by atoms with Gasteiger partial charge in [-0.05, 0) is 30.4 Å². The number of benzene rings is 1. The maximum atomic E-state index is 6.17. The van der Waals surface area contributed by atoms with Crippen LogP contribution in [0.15, 0.2) is 18.2 Å². The molecule has 1 aliphatic rings. The fourth-order valence-electron chi connectivity index (χ4n) is 2.56. The third-order valence-electron chi connectivity index (χ3n) is 3.55. The Morgan fingerprint density at radius 1 is 1.29 bits per heavy atom. The van der Waals surface area contributed by atoms with Crippen LogP contribution in [0.25, 0.3) is 0 Å². The SMILES string of the molecule is CC1CCCC(NCc2cccc(Cl)c2Cl)C1. The average Bonchev–Trinajstić information content (AvgIpc) is 2.31. The first-order chi connectivity index (χ1) is 8.16. The van der Waals surface area contributed by atoms with Crippen LogP contribution in [0.5, 0.6) is 0 Å². The van der Waals surface area contributed by atoms with Gasteiger partial charge in [0.15, 0.2) is 0 Å². The lowest BCUT2D eigenvalue weighted by molar-refractivity contribution is 0.300. The van der Waals surface area contributed by atoms with Gasteiger partial charge in [-0.3, -0.25) is 0 Å². The first-order valence-corrected chi connectivity index (χ1v) is 7.08. The second kappa shape index (κ2) is 6.08. The van der Waals surface area contributed by atoms with Gasteiger partial charge in [0, 0.05) is 12.6 Å². The van der Waals surface area contributed by atoms with Crippen molar-refractivity contribution in [2.45, 2.75) is 45.2 Å². The quantitative estimate of drug-likeness (QED) is 0.843. The van der Waals surface area contributed by atoms with Crippen molar-refractivity contribution in [3.05, 3.63) is 33.8 Å². The van der Waals surface area contributed by atoms with Gasteiger partial charge in [-0.2, -0.15) is 0 Å². The van der Waals surface area contributed by atoms with Crippen molar-refractivity contribution in [3.8, 4) is 0 Å². The summed E-state index contributed by atoms with van der Waals surface area (Å²) in [7, 11) is 0. The molecule has 1 N–H and O–H groups in total. The van der Waals surface area contributed by atoms with Gasteiger partial charge in [-0.1, -0.05) is 55.1 Å². The van der Waals surface area contributed by atoms with Gasteiger partial charge in [0.05, 0.1) is 10.0 Å². The zero-order valence-corrected chi connectivity index (χ0v) is 11.7. The van der Waals surface area contributed by atoms with Crippen LogP contribution in [0.4, 0.5) is 0 Å². The molecule has 94 valence electrons. The van der Waals surface area contributed by atoms with Crippen molar-refractivity contribution < 1.29 is 0 Å². The molecule has 1 nitrogen and oxygen atoms in total. The van der Waals surface area contributed by atoms with Crippen LogP contribution in [-0.4, -0.2) is 6.04 Å². The second-order valence-corrected chi connectivity index (χ2v) is 5.85. The monoisotopic (exact) mass is 271 g/mol. The van der Waals surface area contributed by atoms with Crippen molar-refractivity contribution >= 4 is 23.2 Å². The topological polar surface area (TPSA) is 12.0 Å². The van der Waals surface area contributed by atoms with Gasteiger partial charge >= 0.3 is 0 Å². The molecule has 1 saturated carbocycles. The highest BCUT2D eigenvalue weighted by atomic mass is 35.5. The molecule has 1 fully saturated rings. The zero-order chi connectivity index (χ0) is 12.3. The lowest BCUT2D eigenvalue weighted by Crippen LogP contribution is -2.33. The van der Waals surface area contributed by atoms with Crippen LogP contribution in [0.1, 0.15) is 38.2 Å².